The molecule has 0 aromatic heterocycles. The van der Waals surface area contributed by atoms with Crippen LogP contribution in [0.5, 0.6) is 0 Å². The van der Waals surface area contributed by atoms with Crippen LogP contribution in [0, 0.1) is 5.41 Å². The fourth-order valence-corrected chi connectivity index (χ4v) is 2.71. The number of carbonyl (C=O) groups is 1. The van der Waals surface area contributed by atoms with Crippen LogP contribution in [-0.2, 0) is 9.53 Å². The smallest absolute Gasteiger partial charge is 0.315 e. The quantitative estimate of drug-likeness (QED) is 0.567. The average Bonchev–Trinajstić information content (AvgIpc) is 2.93. The average molecular weight is 266 g/mol. The molecule has 1 aliphatic carbocycles. The van der Waals surface area contributed by atoms with E-state index in [1.165, 1.54) is 0 Å². The van der Waals surface area contributed by atoms with Crippen LogP contribution in [0.25, 0.3) is 0 Å². The van der Waals surface area contributed by atoms with Crippen LogP contribution in [0.3, 0.4) is 0 Å². The summed E-state index contributed by atoms with van der Waals surface area (Å²) in [5.41, 5.74) is -0.147. The number of carbonyl (C=O) groups excluding carboxylic acids is 1. The SMILES string of the molecule is C=C(C)CC(O)(CC(=C)C)C1(C(=O)OC(C)C)CC1. The van der Waals surface area contributed by atoms with E-state index in [1.54, 1.807) is 0 Å². The van der Waals surface area contributed by atoms with Crippen molar-refractivity contribution < 1.29 is 14.6 Å². The van der Waals surface area contributed by atoms with Crippen LogP contribution in [-0.4, -0.2) is 22.8 Å². The molecular formula is C16H26O3. The zero-order valence-corrected chi connectivity index (χ0v) is 12.6. The van der Waals surface area contributed by atoms with Crippen molar-refractivity contribution in [2.75, 3.05) is 0 Å². The summed E-state index contributed by atoms with van der Waals surface area (Å²) in [6.07, 6.45) is 2.01. The minimum atomic E-state index is -1.11. The van der Waals surface area contributed by atoms with Gasteiger partial charge in [-0.2, -0.15) is 0 Å². The van der Waals surface area contributed by atoms with Crippen LogP contribution in [0.15, 0.2) is 24.3 Å². The van der Waals surface area contributed by atoms with Crippen molar-refractivity contribution in [2.24, 2.45) is 5.41 Å². The van der Waals surface area contributed by atoms with E-state index in [2.05, 4.69) is 13.2 Å². The molecule has 0 amide bonds. The number of ether oxygens (including phenoxy) is 1. The molecule has 1 N–H and O–H groups in total. The highest BCUT2D eigenvalue weighted by atomic mass is 16.5. The third kappa shape index (κ3) is 3.47. The summed E-state index contributed by atoms with van der Waals surface area (Å²) in [6, 6.07) is 0. The van der Waals surface area contributed by atoms with Gasteiger partial charge in [-0.3, -0.25) is 4.79 Å². The van der Waals surface area contributed by atoms with Crippen LogP contribution in [0.4, 0.5) is 0 Å². The zero-order valence-electron chi connectivity index (χ0n) is 12.6. The van der Waals surface area contributed by atoms with Gasteiger partial charge in [-0.1, -0.05) is 11.1 Å². The lowest BCUT2D eigenvalue weighted by Gasteiger charge is -2.36. The van der Waals surface area contributed by atoms with E-state index in [4.69, 9.17) is 4.74 Å². The molecule has 19 heavy (non-hydrogen) atoms. The molecule has 0 atom stereocenters. The topological polar surface area (TPSA) is 46.5 Å². The molecule has 3 nitrogen and oxygen atoms in total. The molecule has 1 aliphatic rings. The van der Waals surface area contributed by atoms with Gasteiger partial charge < -0.3 is 9.84 Å². The van der Waals surface area contributed by atoms with Crippen LogP contribution in [0.2, 0.25) is 0 Å². The van der Waals surface area contributed by atoms with Crippen molar-refractivity contribution in [2.45, 2.75) is 65.1 Å². The lowest BCUT2D eigenvalue weighted by atomic mass is 9.75. The Morgan fingerprint density at radius 2 is 1.68 bits per heavy atom. The van der Waals surface area contributed by atoms with Crippen molar-refractivity contribution in [3.05, 3.63) is 24.3 Å². The Hall–Kier alpha value is -1.09. The van der Waals surface area contributed by atoms with E-state index in [-0.39, 0.29) is 12.1 Å². The molecule has 0 aromatic carbocycles. The molecule has 0 aliphatic heterocycles. The molecule has 1 fully saturated rings. The second kappa shape index (κ2) is 5.49. The predicted octanol–water partition coefficient (Wildman–Crippen LogP) is 3.38. The minimum absolute atomic E-state index is 0.163. The normalized spacial score (nSPS) is 17.2. The highest BCUT2D eigenvalue weighted by Gasteiger charge is 2.64. The molecule has 3 heteroatoms. The molecular weight excluding hydrogens is 240 g/mol. The summed E-state index contributed by atoms with van der Waals surface area (Å²) in [7, 11) is 0. The number of aliphatic hydroxyl groups is 1. The largest absolute Gasteiger partial charge is 0.462 e. The Labute approximate surface area is 116 Å². The van der Waals surface area contributed by atoms with Crippen molar-refractivity contribution >= 4 is 5.97 Å². The second-order valence-corrected chi connectivity index (χ2v) is 6.34. The summed E-state index contributed by atoms with van der Waals surface area (Å²) in [4.78, 5) is 12.3. The number of hydrogen-bond acceptors (Lipinski definition) is 3. The molecule has 108 valence electrons. The van der Waals surface area contributed by atoms with Gasteiger partial charge in [0.2, 0.25) is 0 Å². The second-order valence-electron chi connectivity index (χ2n) is 6.34. The van der Waals surface area contributed by atoms with Gasteiger partial charge in [-0.15, -0.1) is 13.2 Å². The fraction of sp³-hybridized carbons (Fsp3) is 0.688. The van der Waals surface area contributed by atoms with E-state index in [0.29, 0.717) is 25.7 Å². The molecule has 0 radical (unpaired) electrons. The fourth-order valence-electron chi connectivity index (χ4n) is 2.71. The van der Waals surface area contributed by atoms with Crippen molar-refractivity contribution in [1.29, 1.82) is 0 Å². The van der Waals surface area contributed by atoms with Gasteiger partial charge in [0, 0.05) is 0 Å². The lowest BCUT2D eigenvalue weighted by Crippen LogP contribution is -2.46. The maximum absolute atomic E-state index is 12.3. The van der Waals surface area contributed by atoms with E-state index >= 15 is 0 Å². The van der Waals surface area contributed by atoms with Gasteiger partial charge in [0.15, 0.2) is 0 Å². The number of hydrogen-bond donors (Lipinski definition) is 1. The molecule has 1 saturated carbocycles. The lowest BCUT2D eigenvalue weighted by molar-refractivity contribution is -0.166. The van der Waals surface area contributed by atoms with E-state index in [1.807, 2.05) is 27.7 Å². The standard InChI is InChI=1S/C16H26O3/c1-11(2)9-16(18,10-12(3)4)15(7-8-15)14(17)19-13(5)6/h13,18H,1,3,7-10H2,2,4-6H3. The van der Waals surface area contributed by atoms with E-state index < -0.39 is 11.0 Å². The summed E-state index contributed by atoms with van der Waals surface area (Å²) in [6.45, 7) is 15.1. The summed E-state index contributed by atoms with van der Waals surface area (Å²) < 4.78 is 5.33. The van der Waals surface area contributed by atoms with Gasteiger partial charge in [-0.25, -0.2) is 0 Å². The maximum atomic E-state index is 12.3. The predicted molar refractivity (Wildman–Crippen MR) is 76.7 cm³/mol. The Kier molecular flexibility index (Phi) is 4.62. The highest BCUT2D eigenvalue weighted by molar-refractivity contribution is 5.82. The molecule has 0 saturated heterocycles. The van der Waals surface area contributed by atoms with Gasteiger partial charge in [-0.05, 0) is 53.4 Å². The van der Waals surface area contributed by atoms with E-state index in [9.17, 15) is 9.90 Å². The Balaban J connectivity index is 2.99. The van der Waals surface area contributed by atoms with Crippen molar-refractivity contribution in [3.63, 3.8) is 0 Å². The summed E-state index contributed by atoms with van der Waals surface area (Å²) >= 11 is 0. The van der Waals surface area contributed by atoms with Crippen LogP contribution >= 0.6 is 0 Å². The zero-order chi connectivity index (χ0) is 14.8. The highest BCUT2D eigenvalue weighted by Crippen LogP contribution is 2.59. The third-order valence-electron chi connectivity index (χ3n) is 3.56. The van der Waals surface area contributed by atoms with Gasteiger partial charge in [0.05, 0.1) is 17.1 Å². The molecule has 0 spiro atoms. The first-order valence-electron chi connectivity index (χ1n) is 6.85. The monoisotopic (exact) mass is 266 g/mol. The Morgan fingerprint density at radius 1 is 1.26 bits per heavy atom. The Bertz CT molecular complexity index is 373. The molecule has 0 heterocycles. The first-order valence-corrected chi connectivity index (χ1v) is 6.85. The first kappa shape index (κ1) is 16.0. The summed E-state index contributed by atoms with van der Waals surface area (Å²) in [5, 5.41) is 11.0. The van der Waals surface area contributed by atoms with E-state index in [0.717, 1.165) is 11.1 Å². The molecule has 0 bridgehead atoms. The summed E-state index contributed by atoms with van der Waals surface area (Å²) in [5.74, 6) is -0.285. The molecule has 1 rings (SSSR count). The first-order chi connectivity index (χ1) is 8.63. The van der Waals surface area contributed by atoms with Crippen LogP contribution < -0.4 is 0 Å². The minimum Gasteiger partial charge on any atom is -0.462 e. The molecule has 0 unspecified atom stereocenters. The number of rotatable bonds is 7. The third-order valence-corrected chi connectivity index (χ3v) is 3.56. The maximum Gasteiger partial charge on any atom is 0.315 e. The van der Waals surface area contributed by atoms with Gasteiger partial charge >= 0.3 is 5.97 Å². The number of esters is 1. The van der Waals surface area contributed by atoms with Crippen molar-refractivity contribution in [1.82, 2.24) is 0 Å². The van der Waals surface area contributed by atoms with Gasteiger partial charge in [0.1, 0.15) is 0 Å². The Morgan fingerprint density at radius 3 is 1.95 bits per heavy atom. The molecule has 0 aromatic rings. The van der Waals surface area contributed by atoms with Gasteiger partial charge in [0.25, 0.3) is 0 Å². The van der Waals surface area contributed by atoms with Crippen LogP contribution in [0.1, 0.15) is 53.4 Å². The van der Waals surface area contributed by atoms with Crippen molar-refractivity contribution in [3.8, 4) is 0 Å².